The van der Waals surface area contributed by atoms with E-state index in [1.54, 1.807) is 0 Å². The number of esters is 1. The summed E-state index contributed by atoms with van der Waals surface area (Å²) in [7, 11) is 0. The van der Waals surface area contributed by atoms with Crippen molar-refractivity contribution in [2.75, 3.05) is 13.4 Å². The molecule has 0 aromatic heterocycles. The van der Waals surface area contributed by atoms with Crippen molar-refractivity contribution < 1.29 is 28.9 Å². The summed E-state index contributed by atoms with van der Waals surface area (Å²) in [6.07, 6.45) is 4.81. The van der Waals surface area contributed by atoms with Gasteiger partial charge in [0.25, 0.3) is 0 Å². The number of carbonyl (C=O) groups excluding carboxylic acids is 2. The highest BCUT2D eigenvalue weighted by atomic mass is 16.8. The lowest BCUT2D eigenvalue weighted by molar-refractivity contribution is -0.179. The van der Waals surface area contributed by atoms with Gasteiger partial charge in [-0.15, -0.1) is 0 Å². The Morgan fingerprint density at radius 2 is 1.78 bits per heavy atom. The summed E-state index contributed by atoms with van der Waals surface area (Å²) in [6.45, 7) is 4.72. The van der Waals surface area contributed by atoms with Crippen LogP contribution in [0.25, 0.3) is 0 Å². The highest BCUT2D eigenvalue weighted by molar-refractivity contribution is 5.86. The van der Waals surface area contributed by atoms with Gasteiger partial charge in [-0.1, -0.05) is 6.58 Å². The summed E-state index contributed by atoms with van der Waals surface area (Å²) in [5.41, 5.74) is -0.454. The Kier molecular flexibility index (Phi) is 4.12. The second-order valence-corrected chi connectivity index (χ2v) is 7.70. The molecular weight excluding hydrogens is 300 g/mol. The van der Waals surface area contributed by atoms with Gasteiger partial charge in [0, 0.05) is 11.0 Å². The topological polar surface area (TPSA) is 82.1 Å². The third kappa shape index (κ3) is 3.52. The van der Waals surface area contributed by atoms with Gasteiger partial charge in [-0.2, -0.15) is 0 Å². The van der Waals surface area contributed by atoms with Crippen LogP contribution < -0.4 is 0 Å². The Balaban J connectivity index is 1.46. The van der Waals surface area contributed by atoms with Crippen LogP contribution >= 0.6 is 0 Å². The second kappa shape index (κ2) is 5.82. The van der Waals surface area contributed by atoms with Gasteiger partial charge in [-0.05, 0) is 57.3 Å². The van der Waals surface area contributed by atoms with E-state index in [1.807, 2.05) is 0 Å². The van der Waals surface area contributed by atoms with Crippen molar-refractivity contribution in [3.63, 3.8) is 0 Å². The zero-order chi connectivity index (χ0) is 16.7. The van der Waals surface area contributed by atoms with E-state index < -0.39 is 24.5 Å². The van der Waals surface area contributed by atoms with E-state index in [4.69, 9.17) is 9.47 Å². The number of rotatable bonds is 5. The van der Waals surface area contributed by atoms with E-state index in [0.717, 1.165) is 25.7 Å². The molecule has 4 saturated carbocycles. The highest BCUT2D eigenvalue weighted by Gasteiger charge is 2.57. The minimum atomic E-state index is -0.845. The number of carbonyl (C=O) groups is 2. The molecule has 0 saturated heterocycles. The second-order valence-electron chi connectivity index (χ2n) is 7.70. The zero-order valence-electron chi connectivity index (χ0n) is 13.5. The van der Waals surface area contributed by atoms with Crippen LogP contribution in [0.3, 0.4) is 0 Å². The van der Waals surface area contributed by atoms with Gasteiger partial charge in [0.05, 0.1) is 5.60 Å². The standard InChI is InChI=1S/C17H24O6/c1-11(2)14(18)22-10-23-15(19)21-9-16-4-12-3-13(5-16)7-17(20,6-12)8-16/h12-13,20H,1,3-10H2,2H3. The Bertz CT molecular complexity index is 511. The molecule has 128 valence electrons. The molecule has 0 spiro atoms. The van der Waals surface area contributed by atoms with Crippen LogP contribution in [0.2, 0.25) is 0 Å². The van der Waals surface area contributed by atoms with Gasteiger partial charge in [-0.25, -0.2) is 9.59 Å². The number of hydrogen-bond acceptors (Lipinski definition) is 6. The molecule has 4 fully saturated rings. The van der Waals surface area contributed by atoms with Crippen LogP contribution in [-0.4, -0.2) is 36.2 Å². The van der Waals surface area contributed by atoms with Gasteiger partial charge in [-0.3, -0.25) is 0 Å². The fraction of sp³-hybridized carbons (Fsp3) is 0.765. The fourth-order valence-corrected chi connectivity index (χ4v) is 5.08. The molecule has 0 aliphatic heterocycles. The van der Waals surface area contributed by atoms with Crippen molar-refractivity contribution in [1.82, 2.24) is 0 Å². The molecule has 2 unspecified atom stereocenters. The van der Waals surface area contributed by atoms with E-state index in [0.29, 0.717) is 18.3 Å². The van der Waals surface area contributed by atoms with Crippen molar-refractivity contribution in [1.29, 1.82) is 0 Å². The van der Waals surface area contributed by atoms with E-state index >= 15 is 0 Å². The minimum absolute atomic E-state index is 0.119. The fourth-order valence-electron chi connectivity index (χ4n) is 5.08. The molecule has 6 heteroatoms. The SMILES string of the molecule is C=C(C)C(=O)OCOC(=O)OCC12CC3CC(CC(O)(C3)C1)C2. The Hall–Kier alpha value is -1.56. The molecule has 4 rings (SSSR count). The molecule has 4 aliphatic rings. The lowest BCUT2D eigenvalue weighted by atomic mass is 9.48. The lowest BCUT2D eigenvalue weighted by Crippen LogP contribution is -2.57. The summed E-state index contributed by atoms with van der Waals surface area (Å²) in [4.78, 5) is 22.8. The van der Waals surface area contributed by atoms with Crippen molar-refractivity contribution in [3.05, 3.63) is 12.2 Å². The largest absolute Gasteiger partial charge is 0.511 e. The third-order valence-electron chi connectivity index (χ3n) is 5.36. The summed E-state index contributed by atoms with van der Waals surface area (Å²) < 4.78 is 14.7. The van der Waals surface area contributed by atoms with Gasteiger partial charge < -0.3 is 19.3 Å². The molecule has 0 aromatic rings. The maximum atomic E-state index is 11.6. The Morgan fingerprint density at radius 3 is 2.35 bits per heavy atom. The van der Waals surface area contributed by atoms with Gasteiger partial charge >= 0.3 is 12.1 Å². The number of hydrogen-bond donors (Lipinski definition) is 1. The average Bonchev–Trinajstić information content (AvgIpc) is 2.42. The Labute approximate surface area is 135 Å². The minimum Gasteiger partial charge on any atom is -0.434 e. The first-order valence-corrected chi connectivity index (χ1v) is 8.14. The van der Waals surface area contributed by atoms with Crippen molar-refractivity contribution in [3.8, 4) is 0 Å². The molecule has 6 nitrogen and oxygen atoms in total. The zero-order valence-corrected chi connectivity index (χ0v) is 13.5. The van der Waals surface area contributed by atoms with Crippen LogP contribution in [0, 0.1) is 17.3 Å². The first kappa shape index (κ1) is 16.3. The van der Waals surface area contributed by atoms with E-state index in [9.17, 15) is 14.7 Å². The molecular formula is C17H24O6. The summed E-state index contributed by atoms with van der Waals surface area (Å²) in [6, 6.07) is 0. The molecule has 4 bridgehead atoms. The van der Waals surface area contributed by atoms with Crippen LogP contribution in [0.4, 0.5) is 4.79 Å². The molecule has 0 aromatic carbocycles. The molecule has 1 N–H and O–H groups in total. The summed E-state index contributed by atoms with van der Waals surface area (Å²) in [5.74, 6) is 0.468. The van der Waals surface area contributed by atoms with Crippen LogP contribution in [-0.2, 0) is 19.0 Å². The monoisotopic (exact) mass is 324 g/mol. The van der Waals surface area contributed by atoms with Crippen molar-refractivity contribution in [2.45, 2.75) is 51.0 Å². The Morgan fingerprint density at radius 1 is 1.13 bits per heavy atom. The van der Waals surface area contributed by atoms with E-state index in [1.165, 1.54) is 13.3 Å². The molecule has 0 heterocycles. The van der Waals surface area contributed by atoms with E-state index in [-0.39, 0.29) is 17.6 Å². The van der Waals surface area contributed by atoms with Gasteiger partial charge in [0.1, 0.15) is 6.61 Å². The van der Waals surface area contributed by atoms with Crippen LogP contribution in [0.1, 0.15) is 45.4 Å². The van der Waals surface area contributed by atoms with Gasteiger partial charge in [0.2, 0.25) is 6.79 Å². The van der Waals surface area contributed by atoms with Gasteiger partial charge in [0.15, 0.2) is 0 Å². The summed E-state index contributed by atoms with van der Waals surface area (Å²) in [5, 5.41) is 10.6. The molecule has 4 aliphatic carbocycles. The lowest BCUT2D eigenvalue weighted by Gasteiger charge is -2.59. The van der Waals surface area contributed by atoms with Crippen molar-refractivity contribution in [2.24, 2.45) is 17.3 Å². The number of ether oxygens (including phenoxy) is 3. The molecule has 23 heavy (non-hydrogen) atoms. The predicted molar refractivity (Wildman–Crippen MR) is 80.3 cm³/mol. The smallest absolute Gasteiger partial charge is 0.434 e. The maximum Gasteiger partial charge on any atom is 0.511 e. The van der Waals surface area contributed by atoms with E-state index in [2.05, 4.69) is 11.3 Å². The number of aliphatic hydroxyl groups is 1. The molecule has 2 atom stereocenters. The molecule has 0 radical (unpaired) electrons. The molecule has 0 amide bonds. The average molecular weight is 324 g/mol. The third-order valence-corrected chi connectivity index (χ3v) is 5.36. The normalized spacial score (nSPS) is 37.3. The summed E-state index contributed by atoms with van der Waals surface area (Å²) >= 11 is 0. The van der Waals surface area contributed by atoms with Crippen LogP contribution in [0.5, 0.6) is 0 Å². The quantitative estimate of drug-likeness (QED) is 0.475. The highest BCUT2D eigenvalue weighted by Crippen LogP contribution is 2.61. The van der Waals surface area contributed by atoms with Crippen LogP contribution in [0.15, 0.2) is 12.2 Å². The van der Waals surface area contributed by atoms with Crippen molar-refractivity contribution >= 4 is 12.1 Å². The first-order valence-electron chi connectivity index (χ1n) is 8.14. The first-order chi connectivity index (χ1) is 10.8. The maximum absolute atomic E-state index is 11.6. The predicted octanol–water partition coefficient (Wildman–Crippen LogP) is 2.55.